The number of halogens is 1. The van der Waals surface area contributed by atoms with E-state index < -0.39 is 75.1 Å². The fraction of sp³-hybridized carbons (Fsp3) is 0.463. The van der Waals surface area contributed by atoms with Crippen molar-refractivity contribution >= 4 is 110 Å². The second-order valence-electron chi connectivity index (χ2n) is 43.8. The van der Waals surface area contributed by atoms with Gasteiger partial charge >= 0.3 is 10.2 Å². The highest BCUT2D eigenvalue weighted by Gasteiger charge is 2.45. The average Bonchev–Trinajstić information content (AvgIpc) is 1.58. The fourth-order valence-corrected chi connectivity index (χ4v) is 23.3. The van der Waals surface area contributed by atoms with E-state index in [0.717, 1.165) is 73.3 Å². The first-order valence-corrected chi connectivity index (χ1v) is 55.7. The number of aryl methyl sites for hydroxylation is 5. The largest absolute Gasteiger partial charge is 0.493 e. The fourth-order valence-electron chi connectivity index (χ4n) is 19.2. The monoisotopic (exact) mass is 2120 g/mol. The molecule has 4 atom stereocenters. The molecule has 802 valence electrons. The van der Waals surface area contributed by atoms with Gasteiger partial charge in [-0.05, 0) is 277 Å². The Morgan fingerprint density at radius 3 is 1.53 bits per heavy atom. The van der Waals surface area contributed by atoms with Gasteiger partial charge in [0, 0.05) is 98.3 Å². The number of ether oxygens (including phenoxy) is 2. The van der Waals surface area contributed by atoms with Gasteiger partial charge in [-0.2, -0.15) is 39.8 Å². The molecule has 0 spiro atoms. The summed E-state index contributed by atoms with van der Waals surface area (Å²) in [6.45, 7) is 51.4. The van der Waals surface area contributed by atoms with E-state index >= 15 is 0 Å². The summed E-state index contributed by atoms with van der Waals surface area (Å²) in [6.07, 6.45) is 4.29. The molecular formula is C108H145FN22O14S4. The Hall–Kier alpha value is -13.3. The molecule has 7 aromatic heterocycles. The molecule has 0 saturated carbocycles. The van der Waals surface area contributed by atoms with E-state index in [9.17, 15) is 62.5 Å². The molecule has 11 N–H and O–H groups in total. The van der Waals surface area contributed by atoms with Crippen LogP contribution in [0, 0.1) is 87.3 Å². The molecule has 3 aromatic carbocycles. The second kappa shape index (κ2) is 46.9. The zero-order chi connectivity index (χ0) is 110. The molecule has 0 aliphatic carbocycles. The van der Waals surface area contributed by atoms with E-state index in [1.54, 1.807) is 42.5 Å². The number of sulfonamides is 3. The van der Waals surface area contributed by atoms with E-state index in [0.29, 0.717) is 138 Å². The number of anilines is 8. The molecule has 36 nitrogen and oxygen atoms in total. The first-order chi connectivity index (χ1) is 69.4. The van der Waals surface area contributed by atoms with Gasteiger partial charge in [-0.3, -0.25) is 19.2 Å². The number of nitriles is 1. The Labute approximate surface area is 877 Å². The smallest absolute Gasteiger partial charge is 0.304 e. The third-order valence-electron chi connectivity index (χ3n) is 25.8. The Morgan fingerprint density at radius 2 is 1.04 bits per heavy atom. The van der Waals surface area contributed by atoms with Crippen molar-refractivity contribution in [1.29, 1.82) is 5.26 Å². The molecule has 4 aliphatic rings. The number of piperidine rings is 1. The van der Waals surface area contributed by atoms with Gasteiger partial charge in [-0.25, -0.2) is 61.6 Å². The van der Waals surface area contributed by atoms with Crippen LogP contribution in [0.25, 0.3) is 22.6 Å². The van der Waals surface area contributed by atoms with Gasteiger partial charge in [-0.1, -0.05) is 125 Å². The van der Waals surface area contributed by atoms with E-state index in [1.807, 2.05) is 129 Å². The SMILES string of the molecule is CC(C)COc1cc(F)cc(-c2ccc(C(=O)NS(=O)(=O)N3CCCC(N(C)C)C3)c(N3CC(C)CC3(C)C)n2)c1.CC1CN(c2nc(C(C)(C)C)c(C#N)cc2C(=O)NS(=O)(=O)c2cccc(N)n2)C(C)(C)C1.Cc1cc(C)c(Oc2nc(N(C)CC(C)C)c(C)cc2C(=O)NS(=O)(=O)c2cccc(N)n2)c(C)c1.Cc1ccc(NCC(C)C)nc1-c1ccc(C(=O)NS(=O)(=O)c2cccc(N)c2)c(N2CC(C)CC2(C)C)n1. The van der Waals surface area contributed by atoms with Gasteiger partial charge in [-0.15, -0.1) is 0 Å². The highest BCUT2D eigenvalue weighted by Crippen LogP contribution is 2.45. The zero-order valence-electron chi connectivity index (χ0n) is 90.2. The van der Waals surface area contributed by atoms with Crippen molar-refractivity contribution in [3.05, 3.63) is 207 Å². The number of nitrogen functional groups attached to an aromatic ring is 3. The summed E-state index contributed by atoms with van der Waals surface area (Å²) in [7, 11) is -11.0. The number of aromatic nitrogens is 7. The topological polar surface area (TPSA) is 495 Å². The summed E-state index contributed by atoms with van der Waals surface area (Å²) in [5, 5.41) is 12.4. The van der Waals surface area contributed by atoms with Crippen LogP contribution in [0.1, 0.15) is 237 Å². The highest BCUT2D eigenvalue weighted by atomic mass is 32.2. The quantitative estimate of drug-likeness (QED) is 0.0202. The maximum absolute atomic E-state index is 14.6. The molecule has 4 unspecified atom stereocenters. The van der Waals surface area contributed by atoms with Crippen molar-refractivity contribution in [3.63, 3.8) is 0 Å². The number of nitrogens with two attached hydrogens (primary N) is 3. The normalized spacial score (nSPS) is 17.1. The first kappa shape index (κ1) is 116. The van der Waals surface area contributed by atoms with E-state index in [1.165, 1.54) is 77.1 Å². The molecule has 11 heterocycles. The lowest BCUT2D eigenvalue weighted by Crippen LogP contribution is -2.52. The van der Waals surface area contributed by atoms with Crippen molar-refractivity contribution in [2.24, 2.45) is 35.5 Å². The van der Waals surface area contributed by atoms with E-state index in [4.69, 9.17) is 46.6 Å². The zero-order valence-corrected chi connectivity index (χ0v) is 93.5. The van der Waals surface area contributed by atoms with Crippen LogP contribution >= 0.6 is 0 Å². The predicted molar refractivity (Wildman–Crippen MR) is 583 cm³/mol. The third kappa shape index (κ3) is 29.3. The van der Waals surface area contributed by atoms with Crippen molar-refractivity contribution in [2.45, 2.75) is 234 Å². The molecule has 4 fully saturated rings. The summed E-state index contributed by atoms with van der Waals surface area (Å²) in [4.78, 5) is 95.5. The lowest BCUT2D eigenvalue weighted by molar-refractivity contribution is 0.0968. The van der Waals surface area contributed by atoms with Crippen LogP contribution in [-0.2, 0) is 45.7 Å². The molecule has 4 saturated heterocycles. The number of carbonyl (C=O) groups is 4. The Bertz CT molecular complexity index is 7160. The van der Waals surface area contributed by atoms with E-state index in [2.05, 4.69) is 145 Å². The van der Waals surface area contributed by atoms with Crippen LogP contribution in [0.5, 0.6) is 17.4 Å². The standard InChI is InChI=1S/C30H44FN5O4S.C29H38N6O3S.C26H33N5O4S.C23H30N6O3S/c1-20(2)19-40-25-14-22(13-23(31)15-25)27-11-10-26(28(32-27)36-17-21(3)16-30(36,4)5)29(37)33-41(38,39)35-12-8-9-24(18-35)34(6)7;1-18(2)16-31-25-13-10-20(4)26(33-25)24-12-11-23(27(32-24)35-17-19(3)15-29(35,5)6)28(36)34-39(37,38)22-9-7-8-21(30)14-22;1-15(2)14-31(7)24-19(6)13-20(25(32)30-36(33,34)22-10-8-9-21(27)28-22)26(29-24)35-23-17(4)11-16(3)12-18(23)5;1-14-11-23(5,6)29(13-14)20-16(10-15(12-24)19(27-20)22(2,3)4)21(30)28-33(31,32)18-9-7-8-17(25)26-18/h10-11,13-15,20-21,24H,8-9,12,16-19H2,1-7H3,(H,33,37);7-14,18-19H,15-17,30H2,1-6H3,(H,31,33)(H,34,36);8-13,15H,14H2,1-7H3,(H2,27,28)(H,30,32);7-10,14H,11,13H2,1-6H3,(H2,25,26)(H,28,30). The average molecular weight is 2120 g/mol. The number of benzene rings is 3. The van der Waals surface area contributed by atoms with Crippen molar-refractivity contribution in [2.75, 3.05) is 116 Å². The number of nitrogens with one attached hydrogen (secondary N) is 5. The van der Waals surface area contributed by atoms with Gasteiger partial charge in [0.1, 0.15) is 69.7 Å². The minimum absolute atomic E-state index is 0.00879. The molecule has 0 bridgehead atoms. The highest BCUT2D eigenvalue weighted by molar-refractivity contribution is 7.90. The number of amides is 4. The first-order valence-electron chi connectivity index (χ1n) is 49.8. The number of rotatable bonds is 29. The van der Waals surface area contributed by atoms with Crippen LogP contribution in [0.4, 0.5) is 50.8 Å². The van der Waals surface area contributed by atoms with Gasteiger partial charge in [0.05, 0.1) is 56.5 Å². The summed E-state index contributed by atoms with van der Waals surface area (Å²) < 4.78 is 141. The van der Waals surface area contributed by atoms with Crippen LogP contribution in [0.2, 0.25) is 0 Å². The van der Waals surface area contributed by atoms with Crippen molar-refractivity contribution in [1.82, 2.24) is 63.0 Å². The molecule has 149 heavy (non-hydrogen) atoms. The number of carbonyl (C=O) groups excluding carboxylic acids is 4. The molecular weight excluding hydrogens is 1980 g/mol. The molecule has 4 amide bonds. The van der Waals surface area contributed by atoms with Gasteiger partial charge in [0.25, 0.3) is 53.7 Å². The summed E-state index contributed by atoms with van der Waals surface area (Å²) >= 11 is 0. The van der Waals surface area contributed by atoms with Crippen LogP contribution in [0.15, 0.2) is 154 Å². The number of nitrogens with zero attached hydrogens (tertiary/aromatic N) is 14. The molecule has 41 heteroatoms. The lowest BCUT2D eigenvalue weighted by Gasteiger charge is -2.35. The van der Waals surface area contributed by atoms with Crippen LogP contribution in [0.3, 0.4) is 0 Å². The third-order valence-corrected chi connectivity index (χ3v) is 31.1. The Balaban J connectivity index is 0.000000189. The maximum atomic E-state index is 14.6. The van der Waals surface area contributed by atoms with Crippen LogP contribution in [-0.4, -0.2) is 198 Å². The number of pyridine rings is 7. The minimum atomic E-state index is -4.29. The number of likely N-dealkylation sites (N-methyl/N-ethyl adjacent to an activating group) is 1. The van der Waals surface area contributed by atoms with Gasteiger partial charge < -0.3 is 56.5 Å². The number of hydrogen-bond acceptors (Lipinski definition) is 31. The van der Waals surface area contributed by atoms with Gasteiger partial charge in [0.2, 0.25) is 5.88 Å². The lowest BCUT2D eigenvalue weighted by atomic mass is 9.87. The van der Waals surface area contributed by atoms with Gasteiger partial charge in [0.15, 0.2) is 10.1 Å². The Morgan fingerprint density at radius 1 is 0.537 bits per heavy atom. The maximum Gasteiger partial charge on any atom is 0.304 e. The summed E-state index contributed by atoms with van der Waals surface area (Å²) in [5.41, 5.74) is 23.8. The van der Waals surface area contributed by atoms with Crippen molar-refractivity contribution < 1.29 is 66.7 Å². The minimum Gasteiger partial charge on any atom is -0.493 e. The summed E-state index contributed by atoms with van der Waals surface area (Å²) in [6, 6.07) is 38.2. The second-order valence-corrected chi connectivity index (χ2v) is 50.4. The molecule has 10 aromatic rings. The molecule has 14 rings (SSSR count). The van der Waals surface area contributed by atoms with Crippen molar-refractivity contribution in [3.8, 4) is 46.1 Å². The number of hydrogen-bond donors (Lipinski definition) is 8. The van der Waals surface area contributed by atoms with E-state index in [-0.39, 0.29) is 94.5 Å². The van der Waals surface area contributed by atoms with Crippen LogP contribution < -0.4 is 70.5 Å². The summed E-state index contributed by atoms with van der Waals surface area (Å²) in [5.74, 6) is 2.05. The Kier molecular flexibility index (Phi) is 36.5. The predicted octanol–water partition coefficient (Wildman–Crippen LogP) is 16.7. The molecule has 4 aliphatic heterocycles. The molecule has 0 radical (unpaired) electrons.